The molecule has 0 saturated carbocycles. The van der Waals surface area contributed by atoms with Crippen LogP contribution in [0.25, 0.3) is 0 Å². The fraction of sp³-hybridized carbons (Fsp3) is 0.379. The van der Waals surface area contributed by atoms with Gasteiger partial charge in [0.25, 0.3) is 11.8 Å². The molecular formula is C29H34N6O9S2. The SMILES string of the molecule is CC(C)(O/N=C(\C(=O)NC1C(=O)N2C(C(=O)[O-])=C(/C=C/C[N+](C)(C)CCc3ccc(O)c(O)c3)CSC12)c1csc(N)n1)C(=O)O. The van der Waals surface area contributed by atoms with Crippen molar-refractivity contribution in [3.63, 3.8) is 0 Å². The molecule has 0 aliphatic carbocycles. The number of quaternary nitrogens is 1. The summed E-state index contributed by atoms with van der Waals surface area (Å²) < 4.78 is 0.528. The summed E-state index contributed by atoms with van der Waals surface area (Å²) in [7, 11) is 3.98. The van der Waals surface area contributed by atoms with E-state index in [1.54, 1.807) is 12.1 Å². The Balaban J connectivity index is 1.45. The van der Waals surface area contributed by atoms with Crippen molar-refractivity contribution in [3.05, 3.63) is 58.3 Å². The maximum atomic E-state index is 13.3. The lowest BCUT2D eigenvalue weighted by molar-refractivity contribution is -0.884. The lowest BCUT2D eigenvalue weighted by Crippen LogP contribution is -2.71. The van der Waals surface area contributed by atoms with E-state index in [-0.39, 0.29) is 33.8 Å². The molecule has 2 aliphatic heterocycles. The minimum atomic E-state index is -1.78. The number of thioether (sulfide) groups is 1. The number of β-lactam (4-membered cyclic amide) rings is 1. The number of aliphatic carboxylic acids is 2. The second-order valence-electron chi connectivity index (χ2n) is 11.8. The van der Waals surface area contributed by atoms with Crippen molar-refractivity contribution in [1.29, 1.82) is 0 Å². The number of amides is 2. The lowest BCUT2D eigenvalue weighted by Gasteiger charge is -2.50. The Morgan fingerprint density at radius 1 is 1.28 bits per heavy atom. The Bertz CT molecular complexity index is 1650. The van der Waals surface area contributed by atoms with Gasteiger partial charge in [-0.15, -0.1) is 23.1 Å². The van der Waals surface area contributed by atoms with Crippen LogP contribution >= 0.6 is 23.1 Å². The molecule has 1 fully saturated rings. The number of phenolic OH excluding ortho intramolecular Hbond substituents is 2. The molecule has 1 aromatic heterocycles. The topological polar surface area (TPSA) is 228 Å². The average molecular weight is 675 g/mol. The van der Waals surface area contributed by atoms with Gasteiger partial charge >= 0.3 is 5.97 Å². The summed E-state index contributed by atoms with van der Waals surface area (Å²) in [5.74, 6) is -4.58. The Labute approximate surface area is 272 Å². The van der Waals surface area contributed by atoms with Gasteiger partial charge in [0, 0.05) is 17.6 Å². The minimum Gasteiger partial charge on any atom is -0.543 e. The first-order valence-corrected chi connectivity index (χ1v) is 15.8. The third kappa shape index (κ3) is 7.60. The number of fused-ring (bicyclic) bond motifs is 1. The van der Waals surface area contributed by atoms with E-state index in [0.29, 0.717) is 29.6 Å². The number of carbonyl (C=O) groups is 4. The zero-order valence-corrected chi connectivity index (χ0v) is 27.1. The van der Waals surface area contributed by atoms with Crippen molar-refractivity contribution in [2.24, 2.45) is 5.16 Å². The van der Waals surface area contributed by atoms with Crippen LogP contribution in [0.4, 0.5) is 5.13 Å². The van der Waals surface area contributed by atoms with Crippen LogP contribution < -0.4 is 16.2 Å². The Hall–Kier alpha value is -4.61. The van der Waals surface area contributed by atoms with Gasteiger partial charge in [0.15, 0.2) is 22.3 Å². The largest absolute Gasteiger partial charge is 0.543 e. The smallest absolute Gasteiger partial charge is 0.350 e. The summed E-state index contributed by atoms with van der Waals surface area (Å²) in [6.45, 7) is 3.68. The number of rotatable bonds is 13. The molecule has 4 rings (SSSR count). The number of carboxylic acid groups (broad SMARTS) is 2. The number of likely N-dealkylation sites (N-methyl/N-ethyl adjacent to an activating group) is 1. The molecule has 2 unspecified atom stereocenters. The molecule has 2 aromatic rings. The molecule has 246 valence electrons. The number of anilines is 1. The second-order valence-corrected chi connectivity index (χ2v) is 13.8. The monoisotopic (exact) mass is 674 g/mol. The summed E-state index contributed by atoms with van der Waals surface area (Å²) >= 11 is 2.27. The third-order valence-corrected chi connectivity index (χ3v) is 9.28. The molecule has 1 aromatic carbocycles. The van der Waals surface area contributed by atoms with Crippen molar-refractivity contribution >= 4 is 57.7 Å². The predicted molar refractivity (Wildman–Crippen MR) is 167 cm³/mol. The minimum absolute atomic E-state index is 0.00592. The van der Waals surface area contributed by atoms with Crippen molar-refractivity contribution < 1.29 is 48.9 Å². The number of nitrogen functional groups attached to an aromatic ring is 1. The zero-order valence-electron chi connectivity index (χ0n) is 25.4. The standard InChI is InChI=1S/C29H34N6O9S2/c1-29(2,27(42)43)44-33-20(17-14-46-28(30)31-17)23(38)32-21-24(39)34-22(26(40)41)16(13-45-25(21)34)6-5-10-35(3,4)11-9-15-7-8-18(36)19(37)12-15/h5-8,12,14,21,25H,9-11,13H2,1-4H3,(H6-,30,31,32,33,36,37,38,40,41,42,43)/b6-5+. The number of hydrogen-bond acceptors (Lipinski definition) is 13. The maximum absolute atomic E-state index is 13.3. The first kappa shape index (κ1) is 34.3. The van der Waals surface area contributed by atoms with Gasteiger partial charge in [-0.3, -0.25) is 14.5 Å². The number of carboxylic acids is 2. The molecule has 15 nitrogen and oxygen atoms in total. The summed E-state index contributed by atoms with van der Waals surface area (Å²) in [5.41, 5.74) is 4.46. The van der Waals surface area contributed by atoms with Crippen LogP contribution in [-0.2, 0) is 30.4 Å². The Morgan fingerprint density at radius 2 is 2.00 bits per heavy atom. The molecule has 3 heterocycles. The number of nitrogens with one attached hydrogen (secondary N) is 1. The van der Waals surface area contributed by atoms with Gasteiger partial charge in [0.05, 0.1) is 38.9 Å². The number of aromatic nitrogens is 1. The highest BCUT2D eigenvalue weighted by Crippen LogP contribution is 2.40. The number of hydrogen-bond donors (Lipinski definition) is 5. The van der Waals surface area contributed by atoms with E-state index in [4.69, 9.17) is 10.6 Å². The van der Waals surface area contributed by atoms with E-state index in [1.165, 1.54) is 43.1 Å². The number of nitrogens with zero attached hydrogens (tertiary/aromatic N) is 4. The Morgan fingerprint density at radius 3 is 2.61 bits per heavy atom. The molecule has 0 spiro atoms. The third-order valence-electron chi connectivity index (χ3n) is 7.30. The van der Waals surface area contributed by atoms with Gasteiger partial charge in [-0.25, -0.2) is 9.78 Å². The number of nitrogens with two attached hydrogens (primary N) is 1. The highest BCUT2D eigenvalue weighted by atomic mass is 32.2. The highest BCUT2D eigenvalue weighted by Gasteiger charge is 2.53. The van der Waals surface area contributed by atoms with Crippen LogP contribution in [0.15, 0.2) is 52.2 Å². The van der Waals surface area contributed by atoms with E-state index in [2.05, 4.69) is 15.5 Å². The summed E-state index contributed by atoms with van der Waals surface area (Å²) in [4.78, 5) is 60.3. The molecule has 1 saturated heterocycles. The van der Waals surface area contributed by atoms with Crippen LogP contribution in [-0.4, -0.2) is 109 Å². The molecule has 46 heavy (non-hydrogen) atoms. The first-order valence-electron chi connectivity index (χ1n) is 13.9. The van der Waals surface area contributed by atoms with Gasteiger partial charge in [-0.1, -0.05) is 17.3 Å². The predicted octanol–water partition coefficient (Wildman–Crippen LogP) is -0.000400. The second kappa shape index (κ2) is 13.4. The van der Waals surface area contributed by atoms with E-state index < -0.39 is 46.5 Å². The van der Waals surface area contributed by atoms with Gasteiger partial charge < -0.3 is 45.6 Å². The number of benzene rings is 1. The highest BCUT2D eigenvalue weighted by molar-refractivity contribution is 8.00. The van der Waals surface area contributed by atoms with E-state index in [0.717, 1.165) is 21.8 Å². The van der Waals surface area contributed by atoms with Crippen LogP contribution in [0.5, 0.6) is 11.5 Å². The fourth-order valence-corrected chi connectivity index (χ4v) is 6.36. The number of oxime groups is 1. The fourth-order valence-electron chi connectivity index (χ4n) is 4.50. The average Bonchev–Trinajstić information content (AvgIpc) is 3.41. The van der Waals surface area contributed by atoms with Crippen molar-refractivity contribution in [1.82, 2.24) is 15.2 Å². The number of allylic oxidation sites excluding steroid dienone is 1. The maximum Gasteiger partial charge on any atom is 0.350 e. The van der Waals surface area contributed by atoms with Gasteiger partial charge in [-0.2, -0.15) is 0 Å². The number of aromatic hydroxyl groups is 2. The first-order chi connectivity index (χ1) is 21.5. The van der Waals surface area contributed by atoms with Crippen LogP contribution in [0.1, 0.15) is 25.1 Å². The van der Waals surface area contributed by atoms with Crippen molar-refractivity contribution in [3.8, 4) is 11.5 Å². The van der Waals surface area contributed by atoms with E-state index >= 15 is 0 Å². The zero-order chi connectivity index (χ0) is 34.0. The van der Waals surface area contributed by atoms with Crippen LogP contribution in [0.2, 0.25) is 0 Å². The van der Waals surface area contributed by atoms with Crippen LogP contribution in [0.3, 0.4) is 0 Å². The molecule has 17 heteroatoms. The summed E-state index contributed by atoms with van der Waals surface area (Å²) in [5, 5.41) is 47.8. The molecule has 2 atom stereocenters. The summed E-state index contributed by atoms with van der Waals surface area (Å²) in [6.07, 6.45) is 4.09. The molecule has 2 aliphatic rings. The normalized spacial score (nSPS) is 18.7. The van der Waals surface area contributed by atoms with Gasteiger partial charge in [0.2, 0.25) is 5.60 Å². The van der Waals surface area contributed by atoms with E-state index in [9.17, 15) is 39.6 Å². The summed E-state index contributed by atoms with van der Waals surface area (Å²) in [6, 6.07) is 3.56. The molecule has 0 radical (unpaired) electrons. The molecule has 2 amide bonds. The van der Waals surface area contributed by atoms with Crippen molar-refractivity contribution in [2.75, 3.05) is 38.7 Å². The number of phenols is 2. The number of thiazole rings is 1. The molecule has 6 N–H and O–H groups in total. The Kier molecular flexibility index (Phi) is 9.98. The van der Waals surface area contributed by atoms with Gasteiger partial charge in [0.1, 0.15) is 17.1 Å². The molecular weight excluding hydrogens is 640 g/mol. The van der Waals surface area contributed by atoms with Gasteiger partial charge in [-0.05, 0) is 43.2 Å². The van der Waals surface area contributed by atoms with Crippen molar-refractivity contribution in [2.45, 2.75) is 37.3 Å². The quantitative estimate of drug-likeness (QED) is 0.0622. The van der Waals surface area contributed by atoms with E-state index in [1.807, 2.05) is 20.2 Å². The molecule has 0 bridgehead atoms. The number of carbonyl (C=O) groups excluding carboxylic acids is 3. The lowest BCUT2D eigenvalue weighted by atomic mass is 10.0. The van der Waals surface area contributed by atoms with Crippen LogP contribution in [0, 0.1) is 0 Å².